The van der Waals surface area contributed by atoms with E-state index in [1.54, 1.807) is 24.3 Å². The largest absolute Gasteiger partial charge is 0.484 e. The van der Waals surface area contributed by atoms with Crippen LogP contribution in [0.25, 0.3) is 11.1 Å². The predicted octanol–water partition coefficient (Wildman–Crippen LogP) is 5.61. The second-order valence-electron chi connectivity index (χ2n) is 16.5. The number of benzene rings is 5. The number of carboxylic acid groups (broad SMARTS) is 1. The van der Waals surface area contributed by atoms with E-state index in [1.165, 1.54) is 11.3 Å². The molecule has 14 heteroatoms. The van der Waals surface area contributed by atoms with Crippen molar-refractivity contribution in [3.63, 3.8) is 0 Å². The highest BCUT2D eigenvalue weighted by molar-refractivity contribution is 7.09. The maximum absolute atomic E-state index is 14.7. The van der Waals surface area contributed by atoms with Gasteiger partial charge < -0.3 is 36.4 Å². The molecule has 5 amide bonds. The first kappa shape index (κ1) is 47.4. The summed E-state index contributed by atoms with van der Waals surface area (Å²) >= 11 is 1.43. The summed E-state index contributed by atoms with van der Waals surface area (Å²) in [6.07, 6.45) is 0.536. The van der Waals surface area contributed by atoms with E-state index in [0.717, 1.165) is 32.7 Å². The number of fused-ring (bicyclic) bond motifs is 16. The van der Waals surface area contributed by atoms with Crippen molar-refractivity contribution in [2.45, 2.75) is 75.2 Å². The number of aliphatic carboxylic acids is 1. The Kier molecular flexibility index (Phi) is 16.7. The van der Waals surface area contributed by atoms with Gasteiger partial charge in [0.05, 0.1) is 6.42 Å². The molecule has 6 aromatic rings. The van der Waals surface area contributed by atoms with Gasteiger partial charge in [-0.15, -0.1) is 11.3 Å². The molecular weight excluding hydrogens is 867 g/mol. The molecule has 2 aliphatic heterocycles. The average Bonchev–Trinajstić information content (AvgIpc) is 3.86. The van der Waals surface area contributed by atoms with Crippen molar-refractivity contribution in [3.8, 4) is 16.9 Å². The molecule has 0 saturated heterocycles. The smallest absolute Gasteiger partial charge is 0.305 e. The number of nitrogens with one attached hydrogen (secondary N) is 5. The molecule has 2 aliphatic rings. The number of amides is 5. The van der Waals surface area contributed by atoms with Gasteiger partial charge in [0.25, 0.3) is 5.91 Å². The summed E-state index contributed by atoms with van der Waals surface area (Å²) in [5.74, 6) is -3.86. The molecule has 0 spiro atoms. The quantitative estimate of drug-likeness (QED) is 0.0760. The van der Waals surface area contributed by atoms with Gasteiger partial charge in [0.15, 0.2) is 6.61 Å². The number of hydrogen-bond acceptors (Lipinski definition) is 8. The van der Waals surface area contributed by atoms with Crippen molar-refractivity contribution in [3.05, 3.63) is 184 Å². The van der Waals surface area contributed by atoms with Crippen LogP contribution < -0.4 is 31.3 Å². The normalized spacial score (nSPS) is 18.6. The third-order valence-corrected chi connectivity index (χ3v) is 12.3. The second kappa shape index (κ2) is 23.6. The van der Waals surface area contributed by atoms with Crippen LogP contribution >= 0.6 is 11.3 Å². The number of carbonyl (C=O) groups is 6. The van der Waals surface area contributed by atoms with E-state index in [9.17, 15) is 33.9 Å². The summed E-state index contributed by atoms with van der Waals surface area (Å²) in [7, 11) is 0. The number of rotatable bonds is 14. The highest BCUT2D eigenvalue weighted by Gasteiger charge is 2.33. The van der Waals surface area contributed by atoms with Crippen LogP contribution in [0.5, 0.6) is 5.75 Å². The Morgan fingerprint density at radius 3 is 1.87 bits per heavy atom. The molecule has 13 nitrogen and oxygen atoms in total. The lowest BCUT2D eigenvalue weighted by molar-refractivity contribution is -0.138. The van der Waals surface area contributed by atoms with Gasteiger partial charge in [0, 0.05) is 30.2 Å². The lowest BCUT2D eigenvalue weighted by Gasteiger charge is -2.27. The molecule has 3 heterocycles. The van der Waals surface area contributed by atoms with Crippen LogP contribution in [-0.4, -0.2) is 77.4 Å². The van der Waals surface area contributed by atoms with Gasteiger partial charge in [-0.25, -0.2) is 0 Å². The van der Waals surface area contributed by atoms with Crippen LogP contribution in [-0.2, 0) is 60.9 Å². The summed E-state index contributed by atoms with van der Waals surface area (Å²) in [6, 6.07) is 40.9. The van der Waals surface area contributed by atoms with E-state index in [1.807, 2.05) is 133 Å². The SMILES string of the molecule is O=C(O)C[C@H](Cc1ccccc1)NC(=O)[C@@H]1Cc2ccc(cc2)OCC(=O)N[C@@H](Cc2cccs2)C(=O)N[C@H](Cc2ccc(-c3ccccc3)cc2)C(=O)N[C@@H](CCc2ccccc2)C(=O)N1. The maximum Gasteiger partial charge on any atom is 0.305 e. The molecule has 0 radical (unpaired) electrons. The second-order valence-corrected chi connectivity index (χ2v) is 17.5. The van der Waals surface area contributed by atoms with Crippen LogP contribution in [0.2, 0.25) is 0 Å². The standard InChI is InChI=1S/C53H53N5O8S/c59-48-34-66-42-25-20-38(21-26-42)31-45(51(63)54-41(32-49(60)61)29-36-13-6-2-7-14-36)57-50(62)44(27-22-35-11-4-1-5-12-35)56-52(64)46(58-53(65)47(55-48)33-43-17-10-28-67-43)30-37-18-23-40(24-19-37)39-15-8-3-9-16-39/h1-21,23-26,28,41,44-47H,22,27,29-34H2,(H,54,63)(H,55,59)(H,56,64)(H,57,62)(H,58,65)(H,60,61)/t41-,44-,45-,46+,47-/m0/s1. The van der Waals surface area contributed by atoms with Gasteiger partial charge >= 0.3 is 5.97 Å². The Morgan fingerprint density at radius 2 is 1.22 bits per heavy atom. The first-order valence-electron chi connectivity index (χ1n) is 22.2. The monoisotopic (exact) mass is 919 g/mol. The molecule has 8 rings (SSSR count). The molecule has 2 bridgehead atoms. The summed E-state index contributed by atoms with van der Waals surface area (Å²) in [5, 5.41) is 26.1. The summed E-state index contributed by atoms with van der Waals surface area (Å²) in [4.78, 5) is 84.3. The van der Waals surface area contributed by atoms with Crippen molar-refractivity contribution in [1.82, 2.24) is 26.6 Å². The zero-order valence-corrected chi connectivity index (χ0v) is 37.6. The van der Waals surface area contributed by atoms with E-state index in [4.69, 9.17) is 4.74 Å². The fraction of sp³-hybridized carbons (Fsp3) is 0.245. The molecule has 344 valence electrons. The predicted molar refractivity (Wildman–Crippen MR) is 256 cm³/mol. The first-order chi connectivity index (χ1) is 32.5. The van der Waals surface area contributed by atoms with Crippen LogP contribution in [0.4, 0.5) is 0 Å². The molecule has 67 heavy (non-hydrogen) atoms. The van der Waals surface area contributed by atoms with Gasteiger partial charge in [-0.2, -0.15) is 0 Å². The zero-order chi connectivity index (χ0) is 47.0. The molecule has 6 N–H and O–H groups in total. The van der Waals surface area contributed by atoms with Gasteiger partial charge in [0.1, 0.15) is 29.9 Å². The molecule has 0 fully saturated rings. The van der Waals surface area contributed by atoms with E-state index in [-0.39, 0.29) is 38.5 Å². The Morgan fingerprint density at radius 1 is 0.627 bits per heavy atom. The van der Waals surface area contributed by atoms with Crippen LogP contribution in [0.3, 0.4) is 0 Å². The number of carboxylic acids is 1. The molecule has 5 aromatic carbocycles. The molecular formula is C53H53N5O8S. The zero-order valence-electron chi connectivity index (χ0n) is 36.8. The van der Waals surface area contributed by atoms with Crippen molar-refractivity contribution < 1.29 is 38.6 Å². The lowest BCUT2D eigenvalue weighted by atomic mass is 9.98. The topological polar surface area (TPSA) is 192 Å². The van der Waals surface area contributed by atoms with E-state index >= 15 is 0 Å². The maximum atomic E-state index is 14.7. The van der Waals surface area contributed by atoms with Crippen LogP contribution in [0.1, 0.15) is 40.0 Å². The highest BCUT2D eigenvalue weighted by atomic mass is 32.1. The molecule has 1 aromatic heterocycles. The molecule has 0 aliphatic carbocycles. The van der Waals surface area contributed by atoms with Gasteiger partial charge in [-0.05, 0) is 76.2 Å². The number of aryl methyl sites for hydroxylation is 1. The minimum absolute atomic E-state index is 0.00905. The molecule has 5 atom stereocenters. The fourth-order valence-corrected chi connectivity index (χ4v) is 8.68. The Bertz CT molecular complexity index is 2580. The lowest BCUT2D eigenvalue weighted by Crippen LogP contribution is -2.59. The summed E-state index contributed by atoms with van der Waals surface area (Å²) in [5.41, 5.74) is 5.04. The van der Waals surface area contributed by atoms with E-state index in [2.05, 4.69) is 26.6 Å². The van der Waals surface area contributed by atoms with Crippen LogP contribution in [0, 0.1) is 0 Å². The average molecular weight is 920 g/mol. The van der Waals surface area contributed by atoms with Gasteiger partial charge in [-0.3, -0.25) is 28.8 Å². The highest BCUT2D eigenvalue weighted by Crippen LogP contribution is 2.21. The van der Waals surface area contributed by atoms with Crippen molar-refractivity contribution in [2.75, 3.05) is 6.61 Å². The Labute approximate surface area is 393 Å². The third-order valence-electron chi connectivity index (χ3n) is 11.4. The molecule has 0 unspecified atom stereocenters. The van der Waals surface area contributed by atoms with Gasteiger partial charge in [-0.1, -0.05) is 133 Å². The Hall–Kier alpha value is -7.58. The van der Waals surface area contributed by atoms with Crippen molar-refractivity contribution in [1.29, 1.82) is 0 Å². The summed E-state index contributed by atoms with van der Waals surface area (Å²) < 4.78 is 5.82. The van der Waals surface area contributed by atoms with Crippen molar-refractivity contribution in [2.24, 2.45) is 0 Å². The first-order valence-corrected chi connectivity index (χ1v) is 23.1. The van der Waals surface area contributed by atoms with E-state index < -0.39 is 72.3 Å². The minimum Gasteiger partial charge on any atom is -0.484 e. The Balaban J connectivity index is 1.22. The van der Waals surface area contributed by atoms with Crippen molar-refractivity contribution >= 4 is 46.8 Å². The fourth-order valence-electron chi connectivity index (χ4n) is 7.93. The number of thiophene rings is 1. The summed E-state index contributed by atoms with van der Waals surface area (Å²) in [6.45, 7) is -0.415. The van der Waals surface area contributed by atoms with Crippen LogP contribution in [0.15, 0.2) is 157 Å². The number of ether oxygens (including phenoxy) is 1. The third kappa shape index (κ3) is 14.5. The number of carbonyl (C=O) groups excluding carboxylic acids is 5. The number of hydrogen-bond donors (Lipinski definition) is 6. The molecule has 0 saturated carbocycles. The van der Waals surface area contributed by atoms with Gasteiger partial charge in [0.2, 0.25) is 23.6 Å². The van der Waals surface area contributed by atoms with E-state index in [0.29, 0.717) is 17.7 Å². The minimum atomic E-state index is -1.22.